The van der Waals surface area contributed by atoms with Gasteiger partial charge in [-0.2, -0.15) is 0 Å². The predicted octanol–water partition coefficient (Wildman–Crippen LogP) is 2.05. The zero-order valence-electron chi connectivity index (χ0n) is 29.2. The van der Waals surface area contributed by atoms with E-state index in [0.717, 1.165) is 27.6 Å². The summed E-state index contributed by atoms with van der Waals surface area (Å²) in [6, 6.07) is 23.1. The van der Waals surface area contributed by atoms with Gasteiger partial charge in [0.25, 0.3) is 0 Å². The second kappa shape index (κ2) is 16.6. The molecule has 5 N–H and O–H groups in total. The van der Waals surface area contributed by atoms with Crippen molar-refractivity contribution in [2.75, 3.05) is 25.9 Å². The highest BCUT2D eigenvalue weighted by molar-refractivity contribution is 7.91. The lowest BCUT2D eigenvalue weighted by Crippen LogP contribution is -2.60. The van der Waals surface area contributed by atoms with E-state index in [1.165, 1.54) is 6.26 Å². The molecule has 2 saturated heterocycles. The van der Waals surface area contributed by atoms with Crippen LogP contribution < -0.4 is 21.3 Å². The van der Waals surface area contributed by atoms with Crippen LogP contribution in [0.5, 0.6) is 0 Å². The smallest absolute Gasteiger partial charge is 0.243 e. The highest BCUT2D eigenvalue weighted by atomic mass is 32.2. The standard InChI is InChI=1S/C39H46N6O6S/c1-52(50,51)30-16-18-45(19-17-30)35-23-36(46)43-34(22-28-24-40-32-15-9-8-14-31(28)32)38(48)44-33(21-27-12-6-3-7-13-27)37(47)42-29(25-41-39(35)49)20-26-10-4-2-5-11-26/h2-15,24,29-30,33-35,40H,16-23,25H2,1H3,(H,41,49)(H,42,47)(H,43,46)(H,44,48)/t29-,33+,34+,35-/m1/s1. The van der Waals surface area contributed by atoms with E-state index in [1.807, 2.05) is 89.8 Å². The fourth-order valence-corrected chi connectivity index (χ4v) is 8.28. The molecule has 2 aliphatic heterocycles. The number of sulfone groups is 1. The minimum atomic E-state index is -3.26. The van der Waals surface area contributed by atoms with Gasteiger partial charge in [-0.3, -0.25) is 24.1 Å². The third kappa shape index (κ3) is 9.45. The highest BCUT2D eigenvalue weighted by Gasteiger charge is 2.36. The summed E-state index contributed by atoms with van der Waals surface area (Å²) in [4.78, 5) is 61.3. The Balaban J connectivity index is 1.32. The number of aromatic nitrogens is 1. The van der Waals surface area contributed by atoms with Crippen molar-refractivity contribution >= 4 is 44.4 Å². The normalized spacial score (nSPS) is 23.2. The summed E-state index contributed by atoms with van der Waals surface area (Å²) in [5, 5.41) is 12.3. The maximum Gasteiger partial charge on any atom is 0.243 e. The Morgan fingerprint density at radius 2 is 1.29 bits per heavy atom. The number of para-hydroxylation sites is 1. The van der Waals surface area contributed by atoms with E-state index in [-0.39, 0.29) is 25.8 Å². The molecule has 2 fully saturated rings. The molecule has 12 nitrogen and oxygen atoms in total. The molecular weight excluding hydrogens is 681 g/mol. The summed E-state index contributed by atoms with van der Waals surface area (Å²) in [5.41, 5.74) is 3.48. The van der Waals surface area contributed by atoms with Gasteiger partial charge in [0.1, 0.15) is 21.9 Å². The number of likely N-dealkylation sites (tertiary alicyclic amines) is 1. The first-order valence-electron chi connectivity index (χ1n) is 17.8. The number of benzene rings is 3. The fourth-order valence-electron chi connectivity index (χ4n) is 7.21. The number of amides is 4. The maximum absolute atomic E-state index is 14.2. The number of nitrogens with zero attached hydrogens (tertiary/aromatic N) is 1. The Labute approximate surface area is 304 Å². The van der Waals surface area contributed by atoms with E-state index in [4.69, 9.17) is 0 Å². The largest absolute Gasteiger partial charge is 0.361 e. The molecular formula is C39H46N6O6S. The van der Waals surface area contributed by atoms with Crippen LogP contribution in [0.1, 0.15) is 36.0 Å². The molecule has 0 spiro atoms. The lowest BCUT2D eigenvalue weighted by atomic mass is 9.99. The molecule has 6 rings (SSSR count). The van der Waals surface area contributed by atoms with Gasteiger partial charge in [0.15, 0.2) is 0 Å². The van der Waals surface area contributed by atoms with Crippen LogP contribution in [0.4, 0.5) is 0 Å². The average molecular weight is 727 g/mol. The quantitative estimate of drug-likeness (QED) is 0.185. The van der Waals surface area contributed by atoms with Gasteiger partial charge in [-0.1, -0.05) is 78.9 Å². The van der Waals surface area contributed by atoms with E-state index >= 15 is 0 Å². The summed E-state index contributed by atoms with van der Waals surface area (Å²) in [5.74, 6) is -1.86. The van der Waals surface area contributed by atoms with Gasteiger partial charge in [0.05, 0.1) is 23.8 Å². The Hall–Kier alpha value is -5.01. The van der Waals surface area contributed by atoms with Crippen molar-refractivity contribution in [1.29, 1.82) is 0 Å². The fraction of sp³-hybridized carbons (Fsp3) is 0.385. The third-order valence-electron chi connectivity index (χ3n) is 10.1. The molecule has 0 bridgehead atoms. The number of nitrogens with one attached hydrogen (secondary N) is 5. The molecule has 4 amide bonds. The van der Waals surface area contributed by atoms with E-state index in [2.05, 4.69) is 26.3 Å². The van der Waals surface area contributed by atoms with Gasteiger partial charge < -0.3 is 26.3 Å². The monoisotopic (exact) mass is 726 g/mol. The van der Waals surface area contributed by atoms with Crippen molar-refractivity contribution in [3.8, 4) is 0 Å². The number of H-pyrrole nitrogens is 1. The van der Waals surface area contributed by atoms with Crippen molar-refractivity contribution in [2.45, 2.75) is 67.9 Å². The molecule has 3 heterocycles. The first-order chi connectivity index (χ1) is 25.0. The van der Waals surface area contributed by atoms with E-state index in [9.17, 15) is 27.6 Å². The summed E-state index contributed by atoms with van der Waals surface area (Å²) in [6.07, 6.45) is 4.22. The summed E-state index contributed by atoms with van der Waals surface area (Å²) < 4.78 is 24.6. The van der Waals surface area contributed by atoms with Crippen molar-refractivity contribution < 1.29 is 27.6 Å². The average Bonchev–Trinajstić information content (AvgIpc) is 3.55. The molecule has 0 aliphatic carbocycles. The van der Waals surface area contributed by atoms with Crippen molar-refractivity contribution in [3.63, 3.8) is 0 Å². The van der Waals surface area contributed by atoms with Gasteiger partial charge >= 0.3 is 0 Å². The van der Waals surface area contributed by atoms with Gasteiger partial charge in [0, 0.05) is 55.8 Å². The Morgan fingerprint density at radius 3 is 1.96 bits per heavy atom. The molecule has 0 unspecified atom stereocenters. The van der Waals surface area contributed by atoms with Crippen molar-refractivity contribution in [3.05, 3.63) is 108 Å². The van der Waals surface area contributed by atoms with Crippen LogP contribution in [0.25, 0.3) is 10.9 Å². The van der Waals surface area contributed by atoms with Crippen LogP contribution in [-0.2, 0) is 48.3 Å². The maximum atomic E-state index is 14.2. The van der Waals surface area contributed by atoms with Crippen molar-refractivity contribution in [2.24, 2.45) is 0 Å². The molecule has 4 aromatic rings. The van der Waals surface area contributed by atoms with Crippen molar-refractivity contribution in [1.82, 2.24) is 31.2 Å². The predicted molar refractivity (Wildman–Crippen MR) is 199 cm³/mol. The summed E-state index contributed by atoms with van der Waals surface area (Å²) >= 11 is 0. The molecule has 0 saturated carbocycles. The first kappa shape index (κ1) is 36.8. The molecule has 0 radical (unpaired) electrons. The summed E-state index contributed by atoms with van der Waals surface area (Å²) in [6.45, 7) is 0.702. The SMILES string of the molecule is CS(=O)(=O)C1CCN([C@@H]2CC(=O)N[C@@H](Cc3c[nH]c4ccccc34)C(=O)N[C@@H](Cc3ccccc3)C(=O)N[C@H](Cc3ccccc3)CNC2=O)CC1. The van der Waals surface area contributed by atoms with Gasteiger partial charge in [-0.25, -0.2) is 8.42 Å². The van der Waals surface area contributed by atoms with Gasteiger partial charge in [0.2, 0.25) is 23.6 Å². The number of fused-ring (bicyclic) bond motifs is 1. The number of piperidine rings is 1. The summed E-state index contributed by atoms with van der Waals surface area (Å²) in [7, 11) is -3.26. The zero-order valence-corrected chi connectivity index (χ0v) is 30.0. The lowest BCUT2D eigenvalue weighted by molar-refractivity contribution is -0.135. The van der Waals surface area contributed by atoms with Crippen LogP contribution in [0.15, 0.2) is 91.1 Å². The first-order valence-corrected chi connectivity index (χ1v) is 19.7. The van der Waals surface area contributed by atoms with Gasteiger partial charge in [-0.15, -0.1) is 0 Å². The molecule has 2 aliphatic rings. The van der Waals surface area contributed by atoms with E-state index in [1.54, 1.807) is 6.20 Å². The van der Waals surface area contributed by atoms with Crippen LogP contribution in [-0.4, -0.2) is 97.2 Å². The van der Waals surface area contributed by atoms with Crippen LogP contribution in [0, 0.1) is 0 Å². The minimum absolute atomic E-state index is 0.0760. The topological polar surface area (TPSA) is 170 Å². The van der Waals surface area contributed by atoms with E-state index < -0.39 is 62.9 Å². The Bertz CT molecular complexity index is 1980. The number of carbonyl (C=O) groups excluding carboxylic acids is 4. The number of carbonyl (C=O) groups is 4. The number of hydrogen-bond donors (Lipinski definition) is 5. The Kier molecular flexibility index (Phi) is 11.7. The zero-order chi connectivity index (χ0) is 36.7. The van der Waals surface area contributed by atoms with Crippen LogP contribution in [0.2, 0.25) is 0 Å². The number of rotatable bonds is 8. The minimum Gasteiger partial charge on any atom is -0.361 e. The van der Waals surface area contributed by atoms with E-state index in [0.29, 0.717) is 32.4 Å². The number of aromatic amines is 1. The molecule has 1 aromatic heterocycles. The third-order valence-corrected chi connectivity index (χ3v) is 11.7. The van der Waals surface area contributed by atoms with Crippen LogP contribution >= 0.6 is 0 Å². The highest BCUT2D eigenvalue weighted by Crippen LogP contribution is 2.22. The second-order valence-electron chi connectivity index (χ2n) is 13.9. The molecule has 274 valence electrons. The molecule has 4 atom stereocenters. The lowest BCUT2D eigenvalue weighted by Gasteiger charge is -2.36. The van der Waals surface area contributed by atoms with Gasteiger partial charge in [-0.05, 0) is 42.0 Å². The molecule has 52 heavy (non-hydrogen) atoms. The number of hydrogen-bond acceptors (Lipinski definition) is 7. The molecule has 3 aromatic carbocycles. The molecule has 13 heteroatoms. The Morgan fingerprint density at radius 1 is 0.692 bits per heavy atom. The van der Waals surface area contributed by atoms with Crippen LogP contribution in [0.3, 0.4) is 0 Å². The second-order valence-corrected chi connectivity index (χ2v) is 16.2.